The third kappa shape index (κ3) is 1.33. The topological polar surface area (TPSA) is 66.5 Å². The Morgan fingerprint density at radius 2 is 2.44 bits per heavy atom. The van der Waals surface area contributed by atoms with E-state index in [1.165, 1.54) is 11.2 Å². The lowest BCUT2D eigenvalue weighted by Crippen LogP contribution is -2.41. The minimum Gasteiger partial charge on any atom is -0.459 e. The number of hydrogen-bond donors (Lipinski definition) is 1. The highest BCUT2D eigenvalue weighted by atomic mass is 32.2. The first-order valence-electron chi connectivity index (χ1n) is 4.97. The van der Waals surface area contributed by atoms with Gasteiger partial charge in [0, 0.05) is 11.5 Å². The van der Waals surface area contributed by atoms with Crippen LogP contribution in [0.3, 0.4) is 0 Å². The highest BCUT2D eigenvalue weighted by Crippen LogP contribution is 2.32. The maximum absolute atomic E-state index is 12.1. The molecule has 2 unspecified atom stereocenters. The zero-order valence-corrected chi connectivity index (χ0v) is 9.20. The molecule has 5 nitrogen and oxygen atoms in total. The van der Waals surface area contributed by atoms with E-state index in [-0.39, 0.29) is 29.8 Å². The van der Waals surface area contributed by atoms with E-state index < -0.39 is 0 Å². The van der Waals surface area contributed by atoms with E-state index >= 15 is 0 Å². The average molecular weight is 238 g/mol. The number of amides is 1. The quantitative estimate of drug-likeness (QED) is 0.797. The van der Waals surface area contributed by atoms with Gasteiger partial charge in [0.25, 0.3) is 11.9 Å². The molecule has 2 aliphatic heterocycles. The summed E-state index contributed by atoms with van der Waals surface area (Å²) >= 11 is 1.74. The summed E-state index contributed by atoms with van der Waals surface area (Å²) in [7, 11) is 0. The Balaban J connectivity index is 1.89. The molecule has 0 bridgehead atoms. The van der Waals surface area contributed by atoms with Crippen LogP contribution in [0.2, 0.25) is 0 Å². The summed E-state index contributed by atoms with van der Waals surface area (Å²) in [4.78, 5) is 13.5. The monoisotopic (exact) mass is 238 g/mol. The molecule has 1 aromatic rings. The summed E-state index contributed by atoms with van der Waals surface area (Å²) in [5, 5.41) is 7.67. The third-order valence-electron chi connectivity index (χ3n) is 2.76. The van der Waals surface area contributed by atoms with E-state index in [4.69, 9.17) is 14.6 Å². The molecule has 1 aromatic heterocycles. The second kappa shape index (κ2) is 3.55. The summed E-state index contributed by atoms with van der Waals surface area (Å²) in [6, 6.07) is 3.19. The molecule has 1 N–H and O–H groups in total. The van der Waals surface area contributed by atoms with Crippen LogP contribution in [0.5, 0.6) is 0 Å². The number of rotatable bonds is 1. The van der Waals surface area contributed by atoms with Crippen molar-refractivity contribution in [1.82, 2.24) is 4.90 Å². The average Bonchev–Trinajstić information content (AvgIpc) is 2.89. The van der Waals surface area contributed by atoms with Crippen molar-refractivity contribution in [3.63, 3.8) is 0 Å². The van der Waals surface area contributed by atoms with Crippen LogP contribution in [0.15, 0.2) is 22.8 Å². The number of carbonyl (C=O) groups excluding carboxylic acids is 1. The standard InChI is InChI=1S/C10H10N2O3S/c11-10-12(6-4-16-5-8(6)15-10)9(13)7-2-1-3-14-7/h1-3,6,8,11H,4-5H2. The van der Waals surface area contributed by atoms with Crippen molar-refractivity contribution in [2.24, 2.45) is 0 Å². The summed E-state index contributed by atoms with van der Waals surface area (Å²) in [6.45, 7) is 0. The van der Waals surface area contributed by atoms with Gasteiger partial charge in [-0.25, -0.2) is 0 Å². The fourth-order valence-corrected chi connectivity index (χ4v) is 3.25. The van der Waals surface area contributed by atoms with E-state index in [0.717, 1.165) is 11.5 Å². The Morgan fingerprint density at radius 1 is 1.56 bits per heavy atom. The largest absolute Gasteiger partial charge is 0.459 e. The normalized spacial score (nSPS) is 28.0. The first-order valence-corrected chi connectivity index (χ1v) is 6.13. The Morgan fingerprint density at radius 3 is 3.19 bits per heavy atom. The summed E-state index contributed by atoms with van der Waals surface area (Å²) in [6.07, 6.45) is 1.42. The minimum atomic E-state index is -0.287. The van der Waals surface area contributed by atoms with Crippen molar-refractivity contribution in [1.29, 1.82) is 5.41 Å². The molecule has 16 heavy (non-hydrogen) atoms. The van der Waals surface area contributed by atoms with E-state index in [0.29, 0.717) is 0 Å². The van der Waals surface area contributed by atoms with Crippen LogP contribution in [0.1, 0.15) is 10.6 Å². The summed E-state index contributed by atoms with van der Waals surface area (Å²) < 4.78 is 10.4. The molecule has 1 amide bonds. The van der Waals surface area contributed by atoms with Crippen molar-refractivity contribution in [3.05, 3.63) is 24.2 Å². The molecule has 0 saturated carbocycles. The molecule has 0 aliphatic carbocycles. The Labute approximate surface area is 96.2 Å². The molecule has 84 valence electrons. The number of nitrogens with one attached hydrogen (secondary N) is 1. The predicted octanol–water partition coefficient (Wildman–Crippen LogP) is 1.17. The van der Waals surface area contributed by atoms with E-state index in [9.17, 15) is 4.79 Å². The van der Waals surface area contributed by atoms with Gasteiger partial charge in [0.15, 0.2) is 5.76 Å². The second-order valence-corrected chi connectivity index (χ2v) is 4.79. The number of amidine groups is 1. The SMILES string of the molecule is N=C1OC2CSCC2N1C(=O)c1ccco1. The summed E-state index contributed by atoms with van der Waals surface area (Å²) in [5.41, 5.74) is 0. The van der Waals surface area contributed by atoms with Gasteiger partial charge in [0.05, 0.1) is 12.3 Å². The van der Waals surface area contributed by atoms with Crippen LogP contribution in [0.4, 0.5) is 0 Å². The van der Waals surface area contributed by atoms with Crippen LogP contribution in [0, 0.1) is 5.41 Å². The van der Waals surface area contributed by atoms with Gasteiger partial charge in [-0.3, -0.25) is 15.1 Å². The lowest BCUT2D eigenvalue weighted by molar-refractivity contribution is 0.0792. The molecule has 3 heterocycles. The first kappa shape index (κ1) is 9.77. The molecule has 0 aromatic carbocycles. The Kier molecular flexibility index (Phi) is 2.17. The molecule has 2 saturated heterocycles. The lowest BCUT2D eigenvalue weighted by atomic mass is 10.2. The molecule has 2 atom stereocenters. The number of hydrogen-bond acceptors (Lipinski definition) is 5. The molecule has 2 aliphatic rings. The van der Waals surface area contributed by atoms with Crippen LogP contribution in [-0.2, 0) is 4.74 Å². The Bertz CT molecular complexity index is 431. The highest BCUT2D eigenvalue weighted by Gasteiger charge is 2.46. The molecule has 6 heteroatoms. The number of ether oxygens (including phenoxy) is 1. The van der Waals surface area contributed by atoms with Crippen molar-refractivity contribution in [3.8, 4) is 0 Å². The predicted molar refractivity (Wildman–Crippen MR) is 58.6 cm³/mol. The van der Waals surface area contributed by atoms with Gasteiger partial charge in [-0.15, -0.1) is 0 Å². The van der Waals surface area contributed by atoms with Gasteiger partial charge in [0.2, 0.25) is 0 Å². The zero-order valence-electron chi connectivity index (χ0n) is 8.38. The third-order valence-corrected chi connectivity index (χ3v) is 3.91. The fourth-order valence-electron chi connectivity index (χ4n) is 1.99. The first-order chi connectivity index (χ1) is 7.77. The second-order valence-electron chi connectivity index (χ2n) is 3.72. The molecule has 0 spiro atoms. The molecule has 2 fully saturated rings. The minimum absolute atomic E-state index is 0.0184. The van der Waals surface area contributed by atoms with Crippen LogP contribution in [-0.4, -0.2) is 40.5 Å². The number of nitrogens with zero attached hydrogens (tertiary/aromatic N) is 1. The maximum atomic E-state index is 12.1. The summed E-state index contributed by atoms with van der Waals surface area (Å²) in [5.74, 6) is 1.63. The van der Waals surface area contributed by atoms with Crippen molar-refractivity contribution < 1.29 is 13.9 Å². The highest BCUT2D eigenvalue weighted by molar-refractivity contribution is 7.99. The van der Waals surface area contributed by atoms with Gasteiger partial charge in [-0.2, -0.15) is 11.8 Å². The number of furan rings is 1. The Hall–Kier alpha value is -1.43. The molecular formula is C10H10N2O3S. The van der Waals surface area contributed by atoms with Gasteiger partial charge in [-0.1, -0.05) is 0 Å². The zero-order chi connectivity index (χ0) is 11.1. The van der Waals surface area contributed by atoms with Crippen molar-refractivity contribution in [2.75, 3.05) is 11.5 Å². The van der Waals surface area contributed by atoms with E-state index in [2.05, 4.69) is 0 Å². The van der Waals surface area contributed by atoms with Crippen molar-refractivity contribution in [2.45, 2.75) is 12.1 Å². The number of fused-ring (bicyclic) bond motifs is 1. The van der Waals surface area contributed by atoms with Gasteiger partial charge in [0.1, 0.15) is 6.10 Å². The van der Waals surface area contributed by atoms with E-state index in [1.54, 1.807) is 23.9 Å². The van der Waals surface area contributed by atoms with E-state index in [1.807, 2.05) is 0 Å². The fraction of sp³-hybridized carbons (Fsp3) is 0.400. The van der Waals surface area contributed by atoms with Gasteiger partial charge >= 0.3 is 0 Å². The van der Waals surface area contributed by atoms with Crippen molar-refractivity contribution >= 4 is 23.7 Å². The molecule has 3 rings (SSSR count). The van der Waals surface area contributed by atoms with Gasteiger partial charge < -0.3 is 9.15 Å². The van der Waals surface area contributed by atoms with Crippen LogP contribution < -0.4 is 0 Å². The molecule has 0 radical (unpaired) electrons. The van der Waals surface area contributed by atoms with Gasteiger partial charge in [-0.05, 0) is 12.1 Å². The number of carbonyl (C=O) groups is 1. The van der Waals surface area contributed by atoms with Crippen LogP contribution >= 0.6 is 11.8 Å². The lowest BCUT2D eigenvalue weighted by Gasteiger charge is -2.17. The molecular weight excluding hydrogens is 228 g/mol. The maximum Gasteiger partial charge on any atom is 0.297 e. The van der Waals surface area contributed by atoms with Crippen LogP contribution in [0.25, 0.3) is 0 Å². The number of thioether (sulfide) groups is 1. The smallest absolute Gasteiger partial charge is 0.297 e.